The van der Waals surface area contributed by atoms with Gasteiger partial charge in [0.1, 0.15) is 0 Å². The summed E-state index contributed by atoms with van der Waals surface area (Å²) >= 11 is 2.34. The number of hydrogen-bond donors (Lipinski definition) is 2. The van der Waals surface area contributed by atoms with Crippen molar-refractivity contribution in [2.45, 2.75) is 125 Å². The lowest BCUT2D eigenvalue weighted by molar-refractivity contribution is 0.262. The molecule has 2 saturated carbocycles. The zero-order chi connectivity index (χ0) is 15.5. The summed E-state index contributed by atoms with van der Waals surface area (Å²) in [5, 5.41) is 9.94. The van der Waals surface area contributed by atoms with Crippen LogP contribution in [0.25, 0.3) is 0 Å². The van der Waals surface area contributed by atoms with Crippen molar-refractivity contribution in [3.63, 3.8) is 0 Å². The molecule has 132 valence electrons. The lowest BCUT2D eigenvalue weighted by atomic mass is 9.88. The van der Waals surface area contributed by atoms with Crippen LogP contribution in [0.15, 0.2) is 0 Å². The van der Waals surface area contributed by atoms with Crippen molar-refractivity contribution in [3.8, 4) is 0 Å². The average molecular weight is 337 g/mol. The molecule has 0 aromatic rings. The standard InChI is InChI=1S/C20H36N2S/c1-3-7-15(8-4-1)21-17-11-13-20-18(12-14-19(17)23-20)22-16-9-5-2-6-10-16/h15-22H,1-14H2/t17-,18+,19+,20-. The number of thioether (sulfide) groups is 1. The predicted molar refractivity (Wildman–Crippen MR) is 101 cm³/mol. The molecule has 4 atom stereocenters. The first-order chi connectivity index (χ1) is 11.4. The highest BCUT2D eigenvalue weighted by Crippen LogP contribution is 2.42. The summed E-state index contributed by atoms with van der Waals surface area (Å²) < 4.78 is 0. The number of fused-ring (bicyclic) bond motifs is 2. The van der Waals surface area contributed by atoms with E-state index in [2.05, 4.69) is 22.4 Å². The first-order valence-corrected chi connectivity index (χ1v) is 11.5. The Kier molecular flexibility index (Phi) is 5.89. The molecule has 4 rings (SSSR count). The number of hydrogen-bond acceptors (Lipinski definition) is 3. The zero-order valence-corrected chi connectivity index (χ0v) is 15.6. The van der Waals surface area contributed by atoms with Crippen LogP contribution in [0.4, 0.5) is 0 Å². The average Bonchev–Trinajstić information content (AvgIpc) is 2.61. The van der Waals surface area contributed by atoms with Crippen LogP contribution in [0.2, 0.25) is 0 Å². The monoisotopic (exact) mass is 336 g/mol. The maximum absolute atomic E-state index is 4.07. The highest BCUT2D eigenvalue weighted by molar-refractivity contribution is 8.00. The van der Waals surface area contributed by atoms with Crippen LogP contribution in [-0.4, -0.2) is 34.7 Å². The lowest BCUT2D eigenvalue weighted by Crippen LogP contribution is -2.55. The second-order valence-electron chi connectivity index (χ2n) is 8.58. The summed E-state index contributed by atoms with van der Waals surface area (Å²) in [5.74, 6) is 0. The van der Waals surface area contributed by atoms with E-state index in [1.54, 1.807) is 0 Å². The van der Waals surface area contributed by atoms with Crippen LogP contribution in [0.5, 0.6) is 0 Å². The normalized spacial score (nSPS) is 40.2. The smallest absolute Gasteiger partial charge is 0.0205 e. The van der Waals surface area contributed by atoms with Crippen molar-refractivity contribution in [1.82, 2.24) is 10.6 Å². The summed E-state index contributed by atoms with van der Waals surface area (Å²) in [6, 6.07) is 3.30. The van der Waals surface area contributed by atoms with Crippen molar-refractivity contribution in [2.24, 2.45) is 0 Å². The second-order valence-corrected chi connectivity index (χ2v) is 10.1. The Labute approximate surface area is 147 Å². The molecule has 2 N–H and O–H groups in total. The van der Waals surface area contributed by atoms with E-state index in [1.165, 1.54) is 89.9 Å². The van der Waals surface area contributed by atoms with Crippen molar-refractivity contribution in [2.75, 3.05) is 0 Å². The molecule has 23 heavy (non-hydrogen) atoms. The number of rotatable bonds is 4. The fraction of sp³-hybridized carbons (Fsp3) is 1.00. The molecule has 2 saturated heterocycles. The van der Waals surface area contributed by atoms with Gasteiger partial charge in [-0.05, 0) is 51.4 Å². The first-order valence-electron chi connectivity index (χ1n) is 10.6. The third-order valence-corrected chi connectivity index (χ3v) is 8.71. The Morgan fingerprint density at radius 2 is 0.913 bits per heavy atom. The largest absolute Gasteiger partial charge is 0.310 e. The molecule has 2 bridgehead atoms. The summed E-state index contributed by atoms with van der Waals surface area (Å²) in [7, 11) is 0. The van der Waals surface area contributed by atoms with Gasteiger partial charge in [-0.2, -0.15) is 11.8 Å². The summed E-state index contributed by atoms with van der Waals surface area (Å²) in [6.45, 7) is 0. The highest BCUT2D eigenvalue weighted by atomic mass is 32.2. The summed E-state index contributed by atoms with van der Waals surface area (Å²) in [6.07, 6.45) is 20.2. The molecule has 3 heteroatoms. The predicted octanol–water partition coefficient (Wildman–Crippen LogP) is 4.63. The highest BCUT2D eigenvalue weighted by Gasteiger charge is 2.40. The van der Waals surface area contributed by atoms with Gasteiger partial charge in [0.25, 0.3) is 0 Å². The van der Waals surface area contributed by atoms with Crippen LogP contribution >= 0.6 is 11.8 Å². The van der Waals surface area contributed by atoms with Crippen LogP contribution in [0.3, 0.4) is 0 Å². The Balaban J connectivity index is 1.26. The Hall–Kier alpha value is 0.270. The van der Waals surface area contributed by atoms with E-state index in [-0.39, 0.29) is 0 Å². The topological polar surface area (TPSA) is 24.1 Å². The van der Waals surface area contributed by atoms with Crippen molar-refractivity contribution in [1.29, 1.82) is 0 Å². The molecular weight excluding hydrogens is 300 g/mol. The molecule has 4 fully saturated rings. The van der Waals surface area contributed by atoms with E-state index in [1.807, 2.05) is 0 Å². The Bertz CT molecular complexity index is 329. The molecule has 0 radical (unpaired) electrons. The molecule has 2 aliphatic heterocycles. The van der Waals surface area contributed by atoms with Crippen LogP contribution in [-0.2, 0) is 0 Å². The van der Waals surface area contributed by atoms with E-state index in [0.717, 1.165) is 34.7 Å². The lowest BCUT2D eigenvalue weighted by Gasteiger charge is -2.46. The van der Waals surface area contributed by atoms with E-state index in [4.69, 9.17) is 0 Å². The molecule has 0 aromatic carbocycles. The van der Waals surface area contributed by atoms with Crippen LogP contribution in [0, 0.1) is 0 Å². The van der Waals surface area contributed by atoms with Crippen molar-refractivity contribution in [3.05, 3.63) is 0 Å². The van der Waals surface area contributed by atoms with Gasteiger partial charge in [-0.15, -0.1) is 0 Å². The van der Waals surface area contributed by atoms with Gasteiger partial charge in [0.2, 0.25) is 0 Å². The Morgan fingerprint density at radius 3 is 1.35 bits per heavy atom. The minimum atomic E-state index is 0.815. The van der Waals surface area contributed by atoms with Gasteiger partial charge >= 0.3 is 0 Å². The molecule has 0 aromatic heterocycles. The quantitative estimate of drug-likeness (QED) is 0.783. The van der Waals surface area contributed by atoms with Gasteiger partial charge in [-0.1, -0.05) is 38.5 Å². The maximum atomic E-state index is 4.07. The minimum absolute atomic E-state index is 0.815. The van der Waals surface area contributed by atoms with Gasteiger partial charge in [-0.25, -0.2) is 0 Å². The molecule has 2 heterocycles. The van der Waals surface area contributed by atoms with Crippen molar-refractivity contribution < 1.29 is 0 Å². The maximum Gasteiger partial charge on any atom is 0.0205 e. The molecule has 0 amide bonds. The number of nitrogens with one attached hydrogen (secondary N) is 2. The van der Waals surface area contributed by atoms with Crippen LogP contribution < -0.4 is 10.6 Å². The van der Waals surface area contributed by atoms with Gasteiger partial charge in [-0.3, -0.25) is 0 Å². The molecule has 0 unspecified atom stereocenters. The Morgan fingerprint density at radius 1 is 0.478 bits per heavy atom. The molecule has 2 nitrogen and oxygen atoms in total. The minimum Gasteiger partial charge on any atom is -0.310 e. The summed E-state index contributed by atoms with van der Waals surface area (Å²) in [4.78, 5) is 0. The fourth-order valence-electron chi connectivity index (χ4n) is 5.54. The van der Waals surface area contributed by atoms with Crippen LogP contribution in [0.1, 0.15) is 89.9 Å². The fourth-order valence-corrected chi connectivity index (χ4v) is 7.34. The third kappa shape index (κ3) is 4.27. The SMILES string of the molecule is C1CCC(N[C@H]2CC[C@@H]3S[C@@H]2CC[C@H]3NC2CCCCC2)CC1. The molecular formula is C20H36N2S. The molecule has 4 aliphatic rings. The third-order valence-electron chi connectivity index (χ3n) is 6.88. The second kappa shape index (κ2) is 8.10. The van der Waals surface area contributed by atoms with Crippen molar-refractivity contribution >= 4 is 11.8 Å². The zero-order valence-electron chi connectivity index (χ0n) is 14.8. The van der Waals surface area contributed by atoms with E-state index >= 15 is 0 Å². The van der Waals surface area contributed by atoms with E-state index < -0.39 is 0 Å². The first kappa shape index (κ1) is 16.7. The molecule has 2 aliphatic carbocycles. The van der Waals surface area contributed by atoms with Gasteiger partial charge in [0, 0.05) is 34.7 Å². The van der Waals surface area contributed by atoms with E-state index in [0.29, 0.717) is 0 Å². The van der Waals surface area contributed by atoms with E-state index in [9.17, 15) is 0 Å². The molecule has 0 spiro atoms. The summed E-state index contributed by atoms with van der Waals surface area (Å²) in [5.41, 5.74) is 0. The van der Waals surface area contributed by atoms with Gasteiger partial charge in [0.05, 0.1) is 0 Å². The van der Waals surface area contributed by atoms with Gasteiger partial charge in [0.15, 0.2) is 0 Å². The van der Waals surface area contributed by atoms with Gasteiger partial charge < -0.3 is 10.6 Å².